The van der Waals surface area contributed by atoms with E-state index in [4.69, 9.17) is 5.11 Å². The van der Waals surface area contributed by atoms with Crippen LogP contribution in [0.25, 0.3) is 0 Å². The molecule has 2 heterocycles. The third-order valence-corrected chi connectivity index (χ3v) is 4.64. The molecule has 3 fully saturated rings. The molecule has 2 bridgehead atoms. The third kappa shape index (κ3) is 1.97. The van der Waals surface area contributed by atoms with E-state index in [2.05, 4.69) is 4.90 Å². The fraction of sp³-hybridized carbons (Fsp3) is 0.923. The van der Waals surface area contributed by atoms with Crippen molar-refractivity contribution in [3.8, 4) is 0 Å². The van der Waals surface area contributed by atoms with E-state index in [1.54, 1.807) is 0 Å². The van der Waals surface area contributed by atoms with Crippen LogP contribution in [-0.2, 0) is 4.79 Å². The number of carboxylic acid groups (broad SMARTS) is 1. The number of aliphatic carboxylic acids is 1. The zero-order valence-corrected chi connectivity index (χ0v) is 9.77. The van der Waals surface area contributed by atoms with Crippen molar-refractivity contribution in [1.82, 2.24) is 4.90 Å². The summed E-state index contributed by atoms with van der Waals surface area (Å²) in [6.07, 6.45) is 8.37. The van der Waals surface area contributed by atoms with Gasteiger partial charge in [-0.2, -0.15) is 0 Å². The molecule has 0 amide bonds. The van der Waals surface area contributed by atoms with Crippen molar-refractivity contribution in [3.05, 3.63) is 0 Å². The van der Waals surface area contributed by atoms with Crippen LogP contribution in [0.5, 0.6) is 0 Å². The summed E-state index contributed by atoms with van der Waals surface area (Å²) >= 11 is 0. The van der Waals surface area contributed by atoms with Gasteiger partial charge in [0.1, 0.15) is 0 Å². The molecule has 90 valence electrons. The number of fused-ring (bicyclic) bond motifs is 2. The van der Waals surface area contributed by atoms with Crippen LogP contribution in [0, 0.1) is 11.8 Å². The molecule has 1 saturated carbocycles. The van der Waals surface area contributed by atoms with E-state index >= 15 is 0 Å². The second-order valence-electron chi connectivity index (χ2n) is 5.89. The van der Waals surface area contributed by atoms with Crippen molar-refractivity contribution < 1.29 is 9.90 Å². The molecular weight excluding hydrogens is 202 g/mol. The molecular formula is C13H21NO2. The van der Waals surface area contributed by atoms with Gasteiger partial charge in [0.05, 0.1) is 5.92 Å². The molecule has 2 saturated heterocycles. The lowest BCUT2D eigenvalue weighted by molar-refractivity contribution is -0.146. The third-order valence-electron chi connectivity index (χ3n) is 4.64. The largest absolute Gasteiger partial charge is 0.481 e. The highest BCUT2D eigenvalue weighted by Gasteiger charge is 2.42. The average molecular weight is 223 g/mol. The van der Waals surface area contributed by atoms with Crippen molar-refractivity contribution in [2.45, 2.75) is 57.0 Å². The monoisotopic (exact) mass is 223 g/mol. The quantitative estimate of drug-likeness (QED) is 0.796. The fourth-order valence-corrected chi connectivity index (χ4v) is 3.58. The van der Waals surface area contributed by atoms with Gasteiger partial charge in [-0.1, -0.05) is 6.42 Å². The number of carboxylic acids is 1. The molecule has 3 heteroatoms. The zero-order chi connectivity index (χ0) is 11.1. The van der Waals surface area contributed by atoms with Gasteiger partial charge < -0.3 is 5.11 Å². The van der Waals surface area contributed by atoms with Crippen molar-refractivity contribution in [2.24, 2.45) is 11.8 Å². The maximum Gasteiger partial charge on any atom is 0.306 e. The molecule has 2 unspecified atom stereocenters. The Labute approximate surface area is 96.8 Å². The summed E-state index contributed by atoms with van der Waals surface area (Å²) in [6, 6.07) is 1.16. The molecule has 3 rings (SSSR count). The molecule has 3 aliphatic rings. The minimum absolute atomic E-state index is 0.0641. The first-order valence-electron chi connectivity index (χ1n) is 6.72. The number of hydrogen-bond donors (Lipinski definition) is 1. The molecule has 1 aliphatic carbocycles. The Morgan fingerprint density at radius 2 is 1.75 bits per heavy atom. The first-order chi connectivity index (χ1) is 7.74. The fourth-order valence-electron chi connectivity index (χ4n) is 3.58. The predicted molar refractivity (Wildman–Crippen MR) is 61.2 cm³/mol. The van der Waals surface area contributed by atoms with E-state index in [1.165, 1.54) is 38.6 Å². The standard InChI is InChI=1S/C13H21NO2/c15-13(16)10-6-11-2-1-3-12(7-10)14(11)8-9-4-5-9/h9-12H,1-8H2,(H,15,16). The lowest BCUT2D eigenvalue weighted by Gasteiger charge is -2.48. The van der Waals surface area contributed by atoms with Crippen LogP contribution in [0.15, 0.2) is 0 Å². The lowest BCUT2D eigenvalue weighted by Crippen LogP contribution is -2.53. The Morgan fingerprint density at radius 3 is 2.25 bits per heavy atom. The molecule has 2 aliphatic heterocycles. The van der Waals surface area contributed by atoms with Gasteiger partial charge in [0.15, 0.2) is 0 Å². The molecule has 0 radical (unpaired) electrons. The number of hydrogen-bond acceptors (Lipinski definition) is 2. The normalized spacial score (nSPS) is 39.6. The second-order valence-corrected chi connectivity index (χ2v) is 5.89. The first-order valence-corrected chi connectivity index (χ1v) is 6.72. The van der Waals surface area contributed by atoms with E-state index < -0.39 is 5.97 Å². The van der Waals surface area contributed by atoms with Crippen molar-refractivity contribution in [1.29, 1.82) is 0 Å². The molecule has 2 atom stereocenters. The second kappa shape index (κ2) is 4.02. The lowest BCUT2D eigenvalue weighted by atomic mass is 9.78. The van der Waals surface area contributed by atoms with Crippen molar-refractivity contribution >= 4 is 5.97 Å². The summed E-state index contributed by atoms with van der Waals surface area (Å²) in [7, 11) is 0. The van der Waals surface area contributed by atoms with Gasteiger partial charge in [0.25, 0.3) is 0 Å². The summed E-state index contributed by atoms with van der Waals surface area (Å²) in [6.45, 7) is 1.25. The van der Waals surface area contributed by atoms with Crippen LogP contribution in [0.2, 0.25) is 0 Å². The average Bonchev–Trinajstić information content (AvgIpc) is 3.00. The van der Waals surface area contributed by atoms with E-state index in [1.807, 2.05) is 0 Å². The van der Waals surface area contributed by atoms with Crippen LogP contribution in [0.3, 0.4) is 0 Å². The Balaban J connectivity index is 1.69. The van der Waals surface area contributed by atoms with Gasteiger partial charge in [-0.15, -0.1) is 0 Å². The molecule has 0 aromatic heterocycles. The number of piperidine rings is 2. The summed E-state index contributed by atoms with van der Waals surface area (Å²) < 4.78 is 0. The van der Waals surface area contributed by atoms with Crippen LogP contribution < -0.4 is 0 Å². The minimum atomic E-state index is -0.567. The first kappa shape index (κ1) is 10.6. The topological polar surface area (TPSA) is 40.5 Å². The van der Waals surface area contributed by atoms with Crippen LogP contribution in [-0.4, -0.2) is 34.6 Å². The maximum absolute atomic E-state index is 11.1. The summed E-state index contributed by atoms with van der Waals surface area (Å²) in [5, 5.41) is 9.16. The van der Waals surface area contributed by atoms with E-state index in [-0.39, 0.29) is 5.92 Å². The number of rotatable bonds is 3. The van der Waals surface area contributed by atoms with E-state index in [9.17, 15) is 4.79 Å². The molecule has 1 N–H and O–H groups in total. The molecule has 16 heavy (non-hydrogen) atoms. The van der Waals surface area contributed by atoms with E-state index in [0.29, 0.717) is 12.1 Å². The van der Waals surface area contributed by atoms with Gasteiger partial charge >= 0.3 is 5.97 Å². The Morgan fingerprint density at radius 1 is 1.12 bits per heavy atom. The van der Waals surface area contributed by atoms with Crippen LogP contribution >= 0.6 is 0 Å². The molecule has 0 aromatic rings. The van der Waals surface area contributed by atoms with Crippen LogP contribution in [0.4, 0.5) is 0 Å². The highest BCUT2D eigenvalue weighted by molar-refractivity contribution is 5.70. The van der Waals surface area contributed by atoms with Crippen molar-refractivity contribution in [3.63, 3.8) is 0 Å². The van der Waals surface area contributed by atoms with Gasteiger partial charge in [0.2, 0.25) is 0 Å². The summed E-state index contributed by atoms with van der Waals surface area (Å²) in [5.41, 5.74) is 0. The van der Waals surface area contributed by atoms with Crippen molar-refractivity contribution in [2.75, 3.05) is 6.54 Å². The SMILES string of the molecule is O=C(O)C1CC2CCCC(C1)N2CC1CC1. The Hall–Kier alpha value is -0.570. The summed E-state index contributed by atoms with van der Waals surface area (Å²) in [4.78, 5) is 13.8. The highest BCUT2D eigenvalue weighted by Crippen LogP contribution is 2.40. The van der Waals surface area contributed by atoms with Crippen LogP contribution in [0.1, 0.15) is 44.9 Å². The maximum atomic E-state index is 11.1. The Bertz CT molecular complexity index is 274. The van der Waals surface area contributed by atoms with Gasteiger partial charge in [0, 0.05) is 18.6 Å². The summed E-state index contributed by atoms with van der Waals surface area (Å²) in [5.74, 6) is 0.304. The molecule has 0 spiro atoms. The smallest absolute Gasteiger partial charge is 0.306 e. The Kier molecular flexibility index (Phi) is 2.66. The van der Waals surface area contributed by atoms with E-state index in [0.717, 1.165) is 18.8 Å². The van der Waals surface area contributed by atoms with Gasteiger partial charge in [-0.3, -0.25) is 9.69 Å². The zero-order valence-electron chi connectivity index (χ0n) is 9.77. The van der Waals surface area contributed by atoms with Gasteiger partial charge in [-0.25, -0.2) is 0 Å². The highest BCUT2D eigenvalue weighted by atomic mass is 16.4. The predicted octanol–water partition coefficient (Wildman–Crippen LogP) is 2.11. The minimum Gasteiger partial charge on any atom is -0.481 e. The number of carbonyl (C=O) groups is 1. The molecule has 0 aromatic carbocycles. The van der Waals surface area contributed by atoms with Gasteiger partial charge in [-0.05, 0) is 44.4 Å². The molecule has 3 nitrogen and oxygen atoms in total. The number of nitrogens with zero attached hydrogens (tertiary/aromatic N) is 1.